The summed E-state index contributed by atoms with van der Waals surface area (Å²) in [5, 5.41) is 12.8. The van der Waals surface area contributed by atoms with Crippen LogP contribution < -0.4 is 4.74 Å². The highest BCUT2D eigenvalue weighted by Crippen LogP contribution is 2.23. The van der Waals surface area contributed by atoms with Gasteiger partial charge >= 0.3 is 0 Å². The number of methoxy groups -OCH3 is 1. The molecule has 0 bridgehead atoms. The SMILES string of the molecule is CCCCCCCCCC(=NO)c1cc(C)ccc1OC. The molecule has 0 radical (unpaired) electrons. The molecule has 0 spiro atoms. The minimum absolute atomic E-state index is 0.726. The number of oxime groups is 1. The lowest BCUT2D eigenvalue weighted by atomic mass is 10.00. The summed E-state index contributed by atoms with van der Waals surface area (Å²) in [7, 11) is 1.65. The number of unbranched alkanes of at least 4 members (excludes halogenated alkanes) is 6. The van der Waals surface area contributed by atoms with Crippen LogP contribution >= 0.6 is 0 Å². The van der Waals surface area contributed by atoms with Crippen LogP contribution in [0.1, 0.15) is 69.4 Å². The average molecular weight is 291 g/mol. The summed E-state index contributed by atoms with van der Waals surface area (Å²) in [6.07, 6.45) is 9.59. The molecule has 0 atom stereocenters. The molecule has 1 rings (SSSR count). The van der Waals surface area contributed by atoms with E-state index in [-0.39, 0.29) is 0 Å². The molecule has 1 aromatic rings. The Morgan fingerprint density at radius 2 is 1.76 bits per heavy atom. The average Bonchev–Trinajstić information content (AvgIpc) is 2.50. The van der Waals surface area contributed by atoms with Crippen molar-refractivity contribution in [3.05, 3.63) is 29.3 Å². The van der Waals surface area contributed by atoms with Crippen molar-refractivity contribution in [3.63, 3.8) is 0 Å². The molecule has 3 heteroatoms. The van der Waals surface area contributed by atoms with Gasteiger partial charge in [0.25, 0.3) is 0 Å². The molecule has 3 nitrogen and oxygen atoms in total. The molecular weight excluding hydrogens is 262 g/mol. The second kappa shape index (κ2) is 10.3. The summed E-state index contributed by atoms with van der Waals surface area (Å²) in [4.78, 5) is 0. The number of hydrogen-bond acceptors (Lipinski definition) is 3. The van der Waals surface area contributed by atoms with Crippen molar-refractivity contribution < 1.29 is 9.94 Å². The summed E-state index contributed by atoms with van der Waals surface area (Å²) >= 11 is 0. The van der Waals surface area contributed by atoms with Gasteiger partial charge in [-0.25, -0.2) is 0 Å². The van der Waals surface area contributed by atoms with Gasteiger partial charge in [0, 0.05) is 5.56 Å². The molecule has 0 unspecified atom stereocenters. The van der Waals surface area contributed by atoms with Gasteiger partial charge in [0.05, 0.1) is 12.8 Å². The third-order valence-corrected chi connectivity index (χ3v) is 3.80. The number of rotatable bonds is 10. The predicted octanol–water partition coefficient (Wildman–Crippen LogP) is 5.32. The Morgan fingerprint density at radius 3 is 2.38 bits per heavy atom. The highest BCUT2D eigenvalue weighted by atomic mass is 16.5. The van der Waals surface area contributed by atoms with Crippen molar-refractivity contribution in [2.75, 3.05) is 7.11 Å². The fraction of sp³-hybridized carbons (Fsp3) is 0.611. The van der Waals surface area contributed by atoms with Gasteiger partial charge in [-0.3, -0.25) is 0 Å². The first kappa shape index (κ1) is 17.5. The summed E-state index contributed by atoms with van der Waals surface area (Å²) < 4.78 is 5.36. The van der Waals surface area contributed by atoms with Crippen molar-refractivity contribution in [2.24, 2.45) is 5.16 Å². The number of aryl methyl sites for hydroxylation is 1. The van der Waals surface area contributed by atoms with Gasteiger partial charge in [-0.1, -0.05) is 62.2 Å². The Bertz CT molecular complexity index is 441. The zero-order valence-corrected chi connectivity index (χ0v) is 13.7. The summed E-state index contributed by atoms with van der Waals surface area (Å²) in [6.45, 7) is 4.27. The molecule has 0 fully saturated rings. The van der Waals surface area contributed by atoms with Gasteiger partial charge < -0.3 is 9.94 Å². The van der Waals surface area contributed by atoms with Gasteiger partial charge in [-0.2, -0.15) is 0 Å². The highest BCUT2D eigenvalue weighted by Gasteiger charge is 2.11. The Labute approximate surface area is 129 Å². The van der Waals surface area contributed by atoms with E-state index in [1.165, 1.54) is 38.5 Å². The van der Waals surface area contributed by atoms with Crippen LogP contribution in [0.2, 0.25) is 0 Å². The van der Waals surface area contributed by atoms with E-state index in [4.69, 9.17) is 4.74 Å². The van der Waals surface area contributed by atoms with Gasteiger partial charge in [0.1, 0.15) is 5.75 Å². The van der Waals surface area contributed by atoms with Gasteiger partial charge in [-0.05, 0) is 31.9 Å². The van der Waals surface area contributed by atoms with Crippen LogP contribution in [-0.4, -0.2) is 18.0 Å². The zero-order chi connectivity index (χ0) is 15.5. The van der Waals surface area contributed by atoms with E-state index in [2.05, 4.69) is 12.1 Å². The van der Waals surface area contributed by atoms with Crippen molar-refractivity contribution >= 4 is 5.71 Å². The van der Waals surface area contributed by atoms with E-state index in [9.17, 15) is 5.21 Å². The third-order valence-electron chi connectivity index (χ3n) is 3.80. The first-order valence-electron chi connectivity index (χ1n) is 8.08. The normalized spacial score (nSPS) is 11.7. The lowest BCUT2D eigenvalue weighted by Crippen LogP contribution is -2.04. The van der Waals surface area contributed by atoms with E-state index in [0.29, 0.717) is 0 Å². The summed E-state index contributed by atoms with van der Waals surface area (Å²) in [5.41, 5.74) is 2.78. The fourth-order valence-corrected chi connectivity index (χ4v) is 2.54. The van der Waals surface area contributed by atoms with Crippen LogP contribution in [0.15, 0.2) is 23.4 Å². The number of benzene rings is 1. The van der Waals surface area contributed by atoms with Crippen LogP contribution in [-0.2, 0) is 0 Å². The number of nitrogens with zero attached hydrogens (tertiary/aromatic N) is 1. The Morgan fingerprint density at radius 1 is 1.10 bits per heavy atom. The molecule has 1 N–H and O–H groups in total. The lowest BCUT2D eigenvalue weighted by molar-refractivity contribution is 0.317. The van der Waals surface area contributed by atoms with Gasteiger partial charge in [0.2, 0.25) is 0 Å². The molecule has 21 heavy (non-hydrogen) atoms. The minimum Gasteiger partial charge on any atom is -0.496 e. The van der Waals surface area contributed by atoms with Crippen LogP contribution in [0.5, 0.6) is 5.75 Å². The zero-order valence-electron chi connectivity index (χ0n) is 13.7. The van der Waals surface area contributed by atoms with Crippen LogP contribution in [0, 0.1) is 6.92 Å². The van der Waals surface area contributed by atoms with Crippen LogP contribution in [0.25, 0.3) is 0 Å². The fourth-order valence-electron chi connectivity index (χ4n) is 2.54. The maximum Gasteiger partial charge on any atom is 0.128 e. The van der Waals surface area contributed by atoms with E-state index in [1.807, 2.05) is 25.1 Å². The molecule has 0 saturated carbocycles. The molecule has 0 aliphatic heterocycles. The minimum atomic E-state index is 0.726. The van der Waals surface area contributed by atoms with Crippen LogP contribution in [0.3, 0.4) is 0 Å². The first-order chi connectivity index (χ1) is 10.2. The quantitative estimate of drug-likeness (QED) is 0.274. The summed E-state index contributed by atoms with van der Waals surface area (Å²) in [6, 6.07) is 5.96. The lowest BCUT2D eigenvalue weighted by Gasteiger charge is -2.11. The molecule has 0 heterocycles. The van der Waals surface area contributed by atoms with E-state index in [1.54, 1.807) is 7.11 Å². The van der Waals surface area contributed by atoms with Crippen molar-refractivity contribution in [1.82, 2.24) is 0 Å². The predicted molar refractivity (Wildman–Crippen MR) is 88.7 cm³/mol. The monoisotopic (exact) mass is 291 g/mol. The maximum atomic E-state index is 9.30. The van der Waals surface area contributed by atoms with Gasteiger partial charge in [-0.15, -0.1) is 0 Å². The van der Waals surface area contributed by atoms with Crippen molar-refractivity contribution in [3.8, 4) is 5.75 Å². The standard InChI is InChI=1S/C18H29NO2/c1-4-5-6-7-8-9-10-11-17(19-20)16-14-15(2)12-13-18(16)21-3/h12-14,20H,4-11H2,1-3H3. The molecule has 0 aliphatic rings. The first-order valence-corrected chi connectivity index (χ1v) is 8.08. The largest absolute Gasteiger partial charge is 0.496 e. The summed E-state index contributed by atoms with van der Waals surface area (Å²) in [5.74, 6) is 0.774. The molecule has 0 amide bonds. The Kier molecular flexibility index (Phi) is 8.56. The van der Waals surface area contributed by atoms with Crippen molar-refractivity contribution in [1.29, 1.82) is 0 Å². The van der Waals surface area contributed by atoms with Crippen LogP contribution in [0.4, 0.5) is 0 Å². The Hall–Kier alpha value is -1.51. The van der Waals surface area contributed by atoms with Crippen molar-refractivity contribution in [2.45, 2.75) is 65.2 Å². The van der Waals surface area contributed by atoms with E-state index >= 15 is 0 Å². The van der Waals surface area contributed by atoms with E-state index < -0.39 is 0 Å². The second-order valence-corrected chi connectivity index (χ2v) is 5.62. The molecule has 1 aromatic carbocycles. The highest BCUT2D eigenvalue weighted by molar-refractivity contribution is 6.02. The second-order valence-electron chi connectivity index (χ2n) is 5.62. The maximum absolute atomic E-state index is 9.30. The molecular formula is C18H29NO2. The molecule has 0 saturated heterocycles. The molecule has 118 valence electrons. The molecule has 0 aromatic heterocycles. The third kappa shape index (κ3) is 6.19. The number of ether oxygens (including phenoxy) is 1. The van der Waals surface area contributed by atoms with E-state index in [0.717, 1.165) is 35.4 Å². The number of hydrogen-bond donors (Lipinski definition) is 1. The Balaban J connectivity index is 2.47. The molecule has 0 aliphatic carbocycles. The topological polar surface area (TPSA) is 41.8 Å². The smallest absolute Gasteiger partial charge is 0.128 e. The van der Waals surface area contributed by atoms with Gasteiger partial charge in [0.15, 0.2) is 0 Å².